The van der Waals surface area contributed by atoms with Gasteiger partial charge in [-0.25, -0.2) is 9.97 Å². The third-order valence-electron chi connectivity index (χ3n) is 2.18. The largest absolute Gasteiger partial charge is 0.340 e. The number of rotatable bonds is 4. The van der Waals surface area contributed by atoms with Gasteiger partial charge in [0.05, 0.1) is 12.0 Å². The molecule has 0 radical (unpaired) electrons. The summed E-state index contributed by atoms with van der Waals surface area (Å²) in [5, 5.41) is 3.32. The highest BCUT2D eigenvalue weighted by Gasteiger charge is 1.97. The van der Waals surface area contributed by atoms with Gasteiger partial charge in [0.15, 0.2) is 0 Å². The molecule has 0 atom stereocenters. The summed E-state index contributed by atoms with van der Waals surface area (Å²) in [5.41, 5.74) is 2.21. The summed E-state index contributed by atoms with van der Waals surface area (Å²) in [6.45, 7) is 1.58. The number of aromatic nitrogens is 3. The van der Waals surface area contributed by atoms with E-state index in [2.05, 4.69) is 31.2 Å². The number of hydrogen-bond acceptors (Lipinski definition) is 3. The lowest BCUT2D eigenvalue weighted by Gasteiger charge is -2.02. The number of halogens is 1. The van der Waals surface area contributed by atoms with Crippen molar-refractivity contribution in [3.8, 4) is 0 Å². The van der Waals surface area contributed by atoms with Gasteiger partial charge in [0.2, 0.25) is 0 Å². The van der Waals surface area contributed by atoms with Gasteiger partial charge in [0, 0.05) is 32.5 Å². The summed E-state index contributed by atoms with van der Waals surface area (Å²) in [6.07, 6.45) is 5.67. The topological polar surface area (TPSA) is 42.7 Å². The molecular formula is C11H13BrN4. The van der Waals surface area contributed by atoms with Crippen LogP contribution in [0.25, 0.3) is 0 Å². The molecule has 1 N–H and O–H groups in total. The Labute approximate surface area is 103 Å². The minimum Gasteiger partial charge on any atom is -0.340 e. The van der Waals surface area contributed by atoms with Crippen molar-refractivity contribution in [3.05, 3.63) is 46.7 Å². The van der Waals surface area contributed by atoms with Crippen LogP contribution in [0, 0.1) is 0 Å². The molecule has 0 saturated carbocycles. The van der Waals surface area contributed by atoms with Crippen LogP contribution in [0.1, 0.15) is 11.3 Å². The van der Waals surface area contributed by atoms with Gasteiger partial charge in [-0.3, -0.25) is 0 Å². The van der Waals surface area contributed by atoms with Crippen LogP contribution < -0.4 is 5.32 Å². The molecule has 0 saturated heterocycles. The molecule has 5 heteroatoms. The number of imidazole rings is 1. The molecule has 0 aliphatic heterocycles. The first-order chi connectivity index (χ1) is 7.74. The first kappa shape index (κ1) is 11.3. The van der Waals surface area contributed by atoms with Crippen LogP contribution in [0.4, 0.5) is 0 Å². The fraction of sp³-hybridized carbons (Fsp3) is 0.273. The lowest BCUT2D eigenvalue weighted by atomic mass is 10.3. The van der Waals surface area contributed by atoms with Gasteiger partial charge in [0.1, 0.15) is 4.60 Å². The van der Waals surface area contributed by atoms with Crippen LogP contribution in [0.3, 0.4) is 0 Å². The quantitative estimate of drug-likeness (QED) is 0.870. The summed E-state index contributed by atoms with van der Waals surface area (Å²) < 4.78 is 2.80. The number of nitrogens with zero attached hydrogens (tertiary/aromatic N) is 3. The Morgan fingerprint density at radius 1 is 1.31 bits per heavy atom. The Hall–Kier alpha value is -1.20. The molecule has 0 spiro atoms. The fourth-order valence-corrected chi connectivity index (χ4v) is 1.64. The predicted octanol–water partition coefficient (Wildman–Crippen LogP) is 1.87. The Morgan fingerprint density at radius 3 is 2.81 bits per heavy atom. The molecular weight excluding hydrogens is 268 g/mol. The van der Waals surface area contributed by atoms with E-state index >= 15 is 0 Å². The van der Waals surface area contributed by atoms with Crippen molar-refractivity contribution in [3.63, 3.8) is 0 Å². The normalized spacial score (nSPS) is 10.6. The van der Waals surface area contributed by atoms with E-state index in [0.29, 0.717) is 0 Å². The molecule has 2 aromatic heterocycles. The van der Waals surface area contributed by atoms with Gasteiger partial charge in [-0.05, 0) is 27.6 Å². The Morgan fingerprint density at radius 2 is 2.19 bits per heavy atom. The van der Waals surface area contributed by atoms with Crippen LogP contribution in [0.15, 0.2) is 35.5 Å². The summed E-state index contributed by atoms with van der Waals surface area (Å²) >= 11 is 3.31. The van der Waals surface area contributed by atoms with Gasteiger partial charge in [0.25, 0.3) is 0 Å². The number of aryl methyl sites for hydroxylation is 1. The van der Waals surface area contributed by atoms with E-state index < -0.39 is 0 Å². The van der Waals surface area contributed by atoms with E-state index in [9.17, 15) is 0 Å². The van der Waals surface area contributed by atoms with E-state index in [-0.39, 0.29) is 0 Å². The maximum atomic E-state index is 4.24. The van der Waals surface area contributed by atoms with Crippen molar-refractivity contribution in [2.24, 2.45) is 7.05 Å². The van der Waals surface area contributed by atoms with Gasteiger partial charge < -0.3 is 9.88 Å². The average molecular weight is 281 g/mol. The third-order valence-corrected chi connectivity index (χ3v) is 2.65. The fourth-order valence-electron chi connectivity index (χ4n) is 1.40. The zero-order valence-corrected chi connectivity index (χ0v) is 10.6. The third kappa shape index (κ3) is 3.15. The highest BCUT2D eigenvalue weighted by atomic mass is 79.9. The Kier molecular flexibility index (Phi) is 3.69. The second-order valence-corrected chi connectivity index (χ2v) is 4.44. The number of hydrogen-bond donors (Lipinski definition) is 1. The van der Waals surface area contributed by atoms with E-state index in [1.807, 2.05) is 36.1 Å². The first-order valence-electron chi connectivity index (χ1n) is 5.02. The Balaban J connectivity index is 1.82. The van der Waals surface area contributed by atoms with Crippen LogP contribution in [0.5, 0.6) is 0 Å². The smallest absolute Gasteiger partial charge is 0.106 e. The monoisotopic (exact) mass is 280 g/mol. The van der Waals surface area contributed by atoms with Crippen molar-refractivity contribution in [1.29, 1.82) is 0 Å². The van der Waals surface area contributed by atoms with Gasteiger partial charge >= 0.3 is 0 Å². The molecule has 4 nitrogen and oxygen atoms in total. The lowest BCUT2D eigenvalue weighted by molar-refractivity contribution is 0.679. The molecule has 0 aliphatic rings. The zero-order chi connectivity index (χ0) is 11.4. The second kappa shape index (κ2) is 5.23. The van der Waals surface area contributed by atoms with E-state index in [1.54, 1.807) is 6.33 Å². The van der Waals surface area contributed by atoms with E-state index in [4.69, 9.17) is 0 Å². The molecule has 2 heterocycles. The molecule has 0 unspecified atom stereocenters. The zero-order valence-electron chi connectivity index (χ0n) is 9.02. The summed E-state index contributed by atoms with van der Waals surface area (Å²) in [5.74, 6) is 0. The second-order valence-electron chi connectivity index (χ2n) is 3.62. The van der Waals surface area contributed by atoms with Crippen molar-refractivity contribution >= 4 is 15.9 Å². The van der Waals surface area contributed by atoms with E-state index in [1.165, 1.54) is 5.56 Å². The molecule has 0 aromatic carbocycles. The number of pyridine rings is 1. The van der Waals surface area contributed by atoms with Crippen molar-refractivity contribution in [1.82, 2.24) is 19.9 Å². The van der Waals surface area contributed by atoms with Crippen LogP contribution in [-0.2, 0) is 20.1 Å². The minimum atomic E-state index is 0.775. The maximum absolute atomic E-state index is 4.24. The number of nitrogens with one attached hydrogen (secondary N) is 1. The molecule has 0 fully saturated rings. The molecule has 16 heavy (non-hydrogen) atoms. The van der Waals surface area contributed by atoms with Crippen molar-refractivity contribution in [2.45, 2.75) is 13.1 Å². The molecule has 2 rings (SSSR count). The molecule has 0 amide bonds. The van der Waals surface area contributed by atoms with Gasteiger partial charge in [-0.1, -0.05) is 6.07 Å². The van der Waals surface area contributed by atoms with Gasteiger partial charge in [-0.15, -0.1) is 0 Å². The van der Waals surface area contributed by atoms with Crippen LogP contribution in [0.2, 0.25) is 0 Å². The molecule has 2 aromatic rings. The molecule has 0 aliphatic carbocycles. The van der Waals surface area contributed by atoms with E-state index in [0.717, 1.165) is 23.4 Å². The van der Waals surface area contributed by atoms with Crippen molar-refractivity contribution < 1.29 is 0 Å². The Bertz CT molecular complexity index is 449. The average Bonchev–Trinajstić information content (AvgIpc) is 2.67. The minimum absolute atomic E-state index is 0.775. The molecule has 84 valence electrons. The van der Waals surface area contributed by atoms with Crippen LogP contribution >= 0.6 is 15.9 Å². The SMILES string of the molecule is Cn1cnc(CNCc2ccc(Br)nc2)c1. The predicted molar refractivity (Wildman–Crippen MR) is 65.7 cm³/mol. The highest BCUT2D eigenvalue weighted by Crippen LogP contribution is 2.06. The maximum Gasteiger partial charge on any atom is 0.106 e. The van der Waals surface area contributed by atoms with Gasteiger partial charge in [-0.2, -0.15) is 0 Å². The summed E-state index contributed by atoms with van der Waals surface area (Å²) in [6, 6.07) is 3.99. The summed E-state index contributed by atoms with van der Waals surface area (Å²) in [4.78, 5) is 8.40. The highest BCUT2D eigenvalue weighted by molar-refractivity contribution is 9.10. The first-order valence-corrected chi connectivity index (χ1v) is 5.81. The lowest BCUT2D eigenvalue weighted by Crippen LogP contribution is -2.13. The summed E-state index contributed by atoms with van der Waals surface area (Å²) in [7, 11) is 1.97. The standard InChI is InChI=1S/C11H13BrN4/c1-16-7-10(15-8-16)6-13-4-9-2-3-11(12)14-5-9/h2-3,5,7-8,13H,4,6H2,1H3. The van der Waals surface area contributed by atoms with Crippen molar-refractivity contribution in [2.75, 3.05) is 0 Å². The van der Waals surface area contributed by atoms with Crippen LogP contribution in [-0.4, -0.2) is 14.5 Å². The molecule has 0 bridgehead atoms.